The molecule has 0 bridgehead atoms. The Morgan fingerprint density at radius 1 is 0.692 bits per heavy atom. The lowest BCUT2D eigenvalue weighted by Gasteiger charge is -2.25. The Morgan fingerprint density at radius 3 is 1.68 bits per heavy atom. The maximum Gasteiger partial charge on any atom is 0.295 e. The van der Waals surface area contributed by atoms with E-state index in [1.165, 1.54) is 28.8 Å². The lowest BCUT2D eigenvalue weighted by atomic mass is 10.1. The van der Waals surface area contributed by atoms with Crippen LogP contribution in [0, 0.1) is 11.8 Å². The van der Waals surface area contributed by atoms with Gasteiger partial charge >= 0.3 is 0 Å². The van der Waals surface area contributed by atoms with Gasteiger partial charge in [-0.1, -0.05) is 12.1 Å². The van der Waals surface area contributed by atoms with E-state index in [0.29, 0.717) is 35.5 Å². The summed E-state index contributed by atoms with van der Waals surface area (Å²) >= 11 is 0. The number of nitrogens with one attached hydrogen (secondary N) is 2. The number of aliphatic imine (C=N–C) groups is 1. The Balaban J connectivity index is 0.000000179. The van der Waals surface area contributed by atoms with Crippen molar-refractivity contribution in [1.29, 1.82) is 0 Å². The normalized spacial score (nSPS) is 19.8. The maximum absolute atomic E-state index is 14.3. The zero-order valence-corrected chi connectivity index (χ0v) is 43.9. The maximum atomic E-state index is 14.3. The molecule has 78 heavy (non-hydrogen) atoms. The lowest BCUT2D eigenvalue weighted by molar-refractivity contribution is -0.120. The molecule has 5 aromatic heterocycles. The summed E-state index contributed by atoms with van der Waals surface area (Å²) in [4.78, 5) is 42.1. The van der Waals surface area contributed by atoms with Crippen molar-refractivity contribution in [1.82, 2.24) is 39.1 Å². The Bertz CT molecular complexity index is 3780. The van der Waals surface area contributed by atoms with E-state index < -0.39 is 68.8 Å². The third kappa shape index (κ3) is 11.6. The number of carbonyl (C=O) groups excluding carboxylic acids is 2. The number of ketones is 2. The molecule has 3 fully saturated rings. The number of benzene rings is 2. The molecule has 410 valence electrons. The third-order valence-electron chi connectivity index (χ3n) is 13.6. The molecule has 0 amide bonds. The van der Waals surface area contributed by atoms with Gasteiger partial charge in [0.2, 0.25) is 0 Å². The van der Waals surface area contributed by atoms with Crippen LogP contribution in [-0.4, -0.2) is 111 Å². The molecule has 7 aromatic rings. The van der Waals surface area contributed by atoms with Crippen LogP contribution in [0.5, 0.6) is 0 Å². The zero-order valence-electron chi connectivity index (χ0n) is 42.3. The van der Waals surface area contributed by atoms with Crippen molar-refractivity contribution in [3.05, 3.63) is 96.0 Å². The predicted molar refractivity (Wildman–Crippen MR) is 276 cm³/mol. The predicted octanol–water partition coefficient (Wildman–Crippen LogP) is 9.08. The van der Waals surface area contributed by atoms with E-state index in [4.69, 9.17) is 4.74 Å². The number of fused-ring (bicyclic) bond motifs is 2. The second-order valence-electron chi connectivity index (χ2n) is 19.8. The number of carbonyl (C=O) groups is 2. The summed E-state index contributed by atoms with van der Waals surface area (Å²) in [5.74, 6) is -2.58. The number of sulfone groups is 2. The van der Waals surface area contributed by atoms with Crippen LogP contribution in [0.15, 0.2) is 87.8 Å². The topological polar surface area (TPSA) is 227 Å². The first-order valence-electron chi connectivity index (χ1n) is 24.7. The molecule has 5 atom stereocenters. The number of Topliss-reactive ketones (excluding diaryl/α,β-unsaturated/α-hetero) is 2. The fourth-order valence-electron chi connectivity index (χ4n) is 9.47. The van der Waals surface area contributed by atoms with Gasteiger partial charge in [-0.15, -0.1) is 0 Å². The summed E-state index contributed by atoms with van der Waals surface area (Å²) in [6, 6.07) is 15.9. The van der Waals surface area contributed by atoms with Crippen molar-refractivity contribution in [2.24, 2.45) is 30.9 Å². The van der Waals surface area contributed by atoms with Gasteiger partial charge in [0.1, 0.15) is 41.3 Å². The number of ether oxygens (including phenoxy) is 1. The zero-order chi connectivity index (χ0) is 55.5. The van der Waals surface area contributed by atoms with Crippen LogP contribution < -0.4 is 10.6 Å². The third-order valence-corrected chi connectivity index (χ3v) is 15.9. The van der Waals surface area contributed by atoms with Gasteiger partial charge in [0, 0.05) is 76.0 Å². The van der Waals surface area contributed by atoms with Crippen molar-refractivity contribution in [2.45, 2.75) is 92.6 Å². The van der Waals surface area contributed by atoms with Crippen LogP contribution in [0.1, 0.15) is 67.7 Å². The highest BCUT2D eigenvalue weighted by Gasteiger charge is 2.44. The minimum atomic E-state index is -3.78. The summed E-state index contributed by atoms with van der Waals surface area (Å²) in [5, 5.41) is 14.7. The highest BCUT2D eigenvalue weighted by molar-refractivity contribution is 7.91. The van der Waals surface area contributed by atoms with Gasteiger partial charge in [-0.3, -0.25) is 28.5 Å². The van der Waals surface area contributed by atoms with Crippen molar-refractivity contribution < 1.29 is 57.5 Å². The molecule has 2 aliphatic heterocycles. The monoisotopic (exact) mass is 1120 g/mol. The Hall–Kier alpha value is -7.32. The molecule has 0 spiro atoms. The first-order valence-corrected chi connectivity index (χ1v) is 28.5. The summed E-state index contributed by atoms with van der Waals surface area (Å²) in [5.41, 5.74) is 3.76. The Labute approximate surface area is 443 Å². The molecule has 1 saturated heterocycles. The second kappa shape index (κ2) is 21.1. The number of halogens is 6. The number of aryl methyl sites for hydroxylation is 2. The largest absolute Gasteiger partial charge is 0.358 e. The minimum Gasteiger partial charge on any atom is -0.358 e. The number of nitrogens with zero attached hydrogens (tertiary/aromatic N) is 9. The fraction of sp³-hybridized carbons (Fsp3) is 0.385. The molecule has 2 saturated carbocycles. The van der Waals surface area contributed by atoms with Gasteiger partial charge in [0.25, 0.3) is 12.9 Å². The van der Waals surface area contributed by atoms with Gasteiger partial charge in [-0.05, 0) is 80.6 Å². The van der Waals surface area contributed by atoms with Crippen LogP contribution in [0.4, 0.5) is 54.8 Å². The van der Waals surface area contributed by atoms with E-state index in [9.17, 15) is 52.8 Å². The van der Waals surface area contributed by atoms with Crippen molar-refractivity contribution >= 4 is 76.6 Å². The molecule has 2 aromatic carbocycles. The molecular formula is C52H51F6N11O7S2. The number of hydrogen-bond acceptors (Lipinski definition) is 15. The summed E-state index contributed by atoms with van der Waals surface area (Å²) < 4.78 is 144. The summed E-state index contributed by atoms with van der Waals surface area (Å²) in [6.07, 6.45) is -1.46. The van der Waals surface area contributed by atoms with Crippen molar-refractivity contribution in [3.8, 4) is 22.5 Å². The van der Waals surface area contributed by atoms with E-state index in [2.05, 4.69) is 40.8 Å². The molecular weight excluding hydrogens is 1070 g/mol. The Kier molecular flexibility index (Phi) is 14.7. The van der Waals surface area contributed by atoms with Crippen LogP contribution in [-0.2, 0) is 67.4 Å². The number of imidazole rings is 1. The average Bonchev–Trinajstić information content (AvgIpc) is 4.05. The number of aromatic nitrogens is 8. The van der Waals surface area contributed by atoms with E-state index in [-0.39, 0.29) is 116 Å². The van der Waals surface area contributed by atoms with Gasteiger partial charge in [-0.2, -0.15) is 10.2 Å². The molecule has 3 unspecified atom stereocenters. The molecule has 11 rings (SSSR count). The number of hydrogen-bond donors (Lipinski definition) is 2. The van der Waals surface area contributed by atoms with Crippen LogP contribution in [0.3, 0.4) is 0 Å². The van der Waals surface area contributed by atoms with E-state index in [1.54, 1.807) is 72.3 Å². The van der Waals surface area contributed by atoms with Gasteiger partial charge < -0.3 is 15.4 Å². The van der Waals surface area contributed by atoms with Gasteiger partial charge in [0.05, 0.1) is 78.6 Å². The molecule has 26 heteroatoms. The van der Waals surface area contributed by atoms with Gasteiger partial charge in [0.15, 0.2) is 31.1 Å². The lowest BCUT2D eigenvalue weighted by Crippen LogP contribution is -2.21. The molecule has 4 aliphatic rings. The highest BCUT2D eigenvalue weighted by atomic mass is 32.2. The number of pyridine rings is 2. The molecule has 7 heterocycles. The quantitative estimate of drug-likeness (QED) is 0.0811. The average molecular weight is 1120 g/mol. The summed E-state index contributed by atoms with van der Waals surface area (Å²) in [6.45, 7) is 0.385. The fourth-order valence-corrected chi connectivity index (χ4v) is 11.2. The first-order chi connectivity index (χ1) is 37.0. The SMILES string of the molecule is Cn1ccc(-c2ccc(Nc3cc(CC(=O)C4C[C@@H]4F)nc4c3N=C(C(F)F)C4)c(S(C)(=O)=O)c2)n1.Cn1ccc(-c2ccc(Nc3cc(CC(=O)C4C[C@@H]4F)nc4c3nc(C(F)F)n4C3CCCCO3)c(S(C)(=O)=O)c2)n1. The van der Waals surface area contributed by atoms with Crippen molar-refractivity contribution in [2.75, 3.05) is 29.8 Å². The van der Waals surface area contributed by atoms with Crippen LogP contribution >= 0.6 is 0 Å². The smallest absolute Gasteiger partial charge is 0.295 e. The summed E-state index contributed by atoms with van der Waals surface area (Å²) in [7, 11) is -4.00. The minimum absolute atomic E-state index is 0.0249. The van der Waals surface area contributed by atoms with E-state index >= 15 is 0 Å². The Morgan fingerprint density at radius 2 is 1.22 bits per heavy atom. The second-order valence-corrected chi connectivity index (χ2v) is 23.8. The van der Waals surface area contributed by atoms with E-state index in [1.807, 2.05) is 0 Å². The highest BCUT2D eigenvalue weighted by Crippen LogP contribution is 2.42. The number of alkyl halides is 6. The van der Waals surface area contributed by atoms with Crippen LogP contribution in [0.2, 0.25) is 0 Å². The molecule has 18 nitrogen and oxygen atoms in total. The number of rotatable bonds is 17. The molecule has 2 aliphatic carbocycles. The molecule has 2 N–H and O–H groups in total. The first kappa shape index (κ1) is 54.1. The molecule has 0 radical (unpaired) electrons. The van der Waals surface area contributed by atoms with E-state index in [0.717, 1.165) is 25.4 Å². The standard InChI is InChI=1S/C28H29F3N6O4S.C24H22F3N5O3S/c1-36-9-8-19(35-36)15-6-7-20(23(11-15)42(2,39)40)33-21-12-16(13-22(38)17-14-18(17)29)32-27-25(21)34-28(26(30)31)37(27)24-5-3-4-10-41-24;1-32-6-5-16(31-32)12-3-4-17(22(7-12)36(2,34)35)29-18-8-13(9-21(33)14-10-15(14)25)28-19-11-20(24(26)27)30-23(18)19/h6-9,11-12,17-18,24,26H,3-5,10,13-14H2,1-2H3,(H,32,33);3-8,14-15,24H,9-11H2,1-2H3,(H,28,29)/t17?,18-,24?;14?,15-/m00/s1. The van der Waals surface area contributed by atoms with Gasteiger partial charge in [-0.25, -0.2) is 58.1 Å². The van der Waals surface area contributed by atoms with Crippen molar-refractivity contribution in [3.63, 3.8) is 0 Å². The van der Waals surface area contributed by atoms with Crippen LogP contribution in [0.25, 0.3) is 33.7 Å². The number of anilines is 4.